The summed E-state index contributed by atoms with van der Waals surface area (Å²) < 4.78 is 42.7. The van der Waals surface area contributed by atoms with Gasteiger partial charge in [-0.1, -0.05) is 11.6 Å². The van der Waals surface area contributed by atoms with Crippen LogP contribution in [0, 0.1) is 0 Å². The Morgan fingerprint density at radius 1 is 1.47 bits per heavy atom. The van der Waals surface area contributed by atoms with Crippen molar-refractivity contribution in [2.75, 3.05) is 25.5 Å². The van der Waals surface area contributed by atoms with Gasteiger partial charge in [-0.15, -0.1) is 0 Å². The summed E-state index contributed by atoms with van der Waals surface area (Å²) in [5.74, 6) is 0.227. The van der Waals surface area contributed by atoms with Gasteiger partial charge in [-0.05, 0) is 6.07 Å². The quantitative estimate of drug-likeness (QED) is 0.897. The molecular weight excluding hydrogens is 283 g/mol. The third-order valence-corrected chi connectivity index (χ3v) is 3.24. The van der Waals surface area contributed by atoms with Gasteiger partial charge >= 0.3 is 6.18 Å². The van der Waals surface area contributed by atoms with E-state index in [-0.39, 0.29) is 23.0 Å². The lowest BCUT2D eigenvalue weighted by Crippen LogP contribution is -2.34. The standard InChI is InChI=1S/C11H13ClF3N3O/c1-19-9-5-16-4-8(9)18-10-7(12)2-6(3-17-10)11(13,14)15/h2-3,8-9,16H,4-5H2,1H3,(H,17,18)/t8?,9-/m0/s1. The molecule has 8 heteroatoms. The van der Waals surface area contributed by atoms with E-state index in [2.05, 4.69) is 15.6 Å². The van der Waals surface area contributed by atoms with Crippen molar-refractivity contribution in [3.63, 3.8) is 0 Å². The molecule has 1 fully saturated rings. The minimum atomic E-state index is -4.45. The van der Waals surface area contributed by atoms with Gasteiger partial charge in [0.25, 0.3) is 0 Å². The molecule has 1 aromatic heterocycles. The second kappa shape index (κ2) is 5.52. The Balaban J connectivity index is 2.13. The molecule has 1 saturated heterocycles. The number of halogens is 4. The number of pyridine rings is 1. The van der Waals surface area contributed by atoms with Gasteiger partial charge in [0.15, 0.2) is 0 Å². The topological polar surface area (TPSA) is 46.2 Å². The molecule has 0 saturated carbocycles. The van der Waals surface area contributed by atoms with Crippen LogP contribution in [0.5, 0.6) is 0 Å². The third-order valence-electron chi connectivity index (χ3n) is 2.95. The first kappa shape index (κ1) is 14.4. The minimum Gasteiger partial charge on any atom is -0.378 e. The minimum absolute atomic E-state index is 0.0587. The molecule has 0 aromatic carbocycles. The number of aromatic nitrogens is 1. The molecule has 1 aliphatic heterocycles. The van der Waals surface area contributed by atoms with E-state index in [0.29, 0.717) is 13.1 Å². The van der Waals surface area contributed by atoms with Crippen molar-refractivity contribution < 1.29 is 17.9 Å². The van der Waals surface area contributed by atoms with E-state index in [1.54, 1.807) is 7.11 Å². The maximum Gasteiger partial charge on any atom is 0.417 e. The van der Waals surface area contributed by atoms with E-state index >= 15 is 0 Å². The fourth-order valence-electron chi connectivity index (χ4n) is 1.92. The van der Waals surface area contributed by atoms with E-state index in [1.807, 2.05) is 0 Å². The normalized spacial score (nSPS) is 23.6. The zero-order valence-corrected chi connectivity index (χ0v) is 10.8. The Bertz CT molecular complexity index is 455. The smallest absolute Gasteiger partial charge is 0.378 e. The van der Waals surface area contributed by atoms with Crippen LogP contribution in [0.1, 0.15) is 5.56 Å². The van der Waals surface area contributed by atoms with E-state index in [0.717, 1.165) is 12.3 Å². The Morgan fingerprint density at radius 3 is 2.79 bits per heavy atom. The summed E-state index contributed by atoms with van der Waals surface area (Å²) in [6, 6.07) is 0.785. The number of rotatable bonds is 3. The second-order valence-electron chi connectivity index (χ2n) is 4.24. The number of hydrogen-bond acceptors (Lipinski definition) is 4. The number of methoxy groups -OCH3 is 1. The number of anilines is 1. The maximum atomic E-state index is 12.5. The molecule has 0 bridgehead atoms. The Morgan fingerprint density at radius 2 is 2.21 bits per heavy atom. The van der Waals surface area contributed by atoms with Gasteiger partial charge in [-0.3, -0.25) is 0 Å². The van der Waals surface area contributed by atoms with Crippen molar-refractivity contribution in [2.45, 2.75) is 18.3 Å². The maximum absolute atomic E-state index is 12.5. The van der Waals surface area contributed by atoms with Crippen molar-refractivity contribution >= 4 is 17.4 Å². The summed E-state index contributed by atoms with van der Waals surface area (Å²) >= 11 is 5.82. The molecule has 2 rings (SSSR count). The molecule has 0 amide bonds. The SMILES string of the molecule is CO[C@H]1CNCC1Nc1ncc(C(F)(F)F)cc1Cl. The van der Waals surface area contributed by atoms with Crippen LogP contribution in [-0.4, -0.2) is 37.3 Å². The average Bonchev–Trinajstić information content (AvgIpc) is 2.77. The lowest BCUT2D eigenvalue weighted by atomic mass is 10.2. The fourth-order valence-corrected chi connectivity index (χ4v) is 2.14. The van der Waals surface area contributed by atoms with Crippen LogP contribution >= 0.6 is 11.6 Å². The van der Waals surface area contributed by atoms with Gasteiger partial charge in [-0.25, -0.2) is 4.98 Å². The molecule has 19 heavy (non-hydrogen) atoms. The summed E-state index contributed by atoms with van der Waals surface area (Å²) in [4.78, 5) is 3.73. The first-order valence-corrected chi connectivity index (χ1v) is 6.02. The lowest BCUT2D eigenvalue weighted by molar-refractivity contribution is -0.137. The van der Waals surface area contributed by atoms with Crippen LogP contribution in [0.15, 0.2) is 12.3 Å². The van der Waals surface area contributed by atoms with Crippen molar-refractivity contribution in [1.82, 2.24) is 10.3 Å². The highest BCUT2D eigenvalue weighted by molar-refractivity contribution is 6.33. The molecule has 0 aliphatic carbocycles. The molecular formula is C11H13ClF3N3O. The fraction of sp³-hybridized carbons (Fsp3) is 0.545. The van der Waals surface area contributed by atoms with Crippen LogP contribution in [0.25, 0.3) is 0 Å². The van der Waals surface area contributed by atoms with Gasteiger partial charge in [0.1, 0.15) is 5.82 Å². The zero-order valence-electron chi connectivity index (χ0n) is 10.1. The van der Waals surface area contributed by atoms with Gasteiger partial charge < -0.3 is 15.4 Å². The predicted molar refractivity (Wildman–Crippen MR) is 65.3 cm³/mol. The van der Waals surface area contributed by atoms with E-state index < -0.39 is 11.7 Å². The molecule has 1 aliphatic rings. The Hall–Kier alpha value is -1.05. The lowest BCUT2D eigenvalue weighted by Gasteiger charge is -2.20. The van der Waals surface area contributed by atoms with Gasteiger partial charge in [-0.2, -0.15) is 13.2 Å². The van der Waals surface area contributed by atoms with Crippen molar-refractivity contribution in [1.29, 1.82) is 0 Å². The number of nitrogens with zero attached hydrogens (tertiary/aromatic N) is 1. The Labute approximate surface area is 113 Å². The molecule has 2 atom stereocenters. The molecule has 1 unspecified atom stereocenters. The average molecular weight is 296 g/mol. The largest absolute Gasteiger partial charge is 0.417 e. The van der Waals surface area contributed by atoms with Crippen LogP contribution in [-0.2, 0) is 10.9 Å². The Kier molecular flexibility index (Phi) is 4.17. The van der Waals surface area contributed by atoms with Crippen LogP contribution in [0.2, 0.25) is 5.02 Å². The van der Waals surface area contributed by atoms with E-state index in [4.69, 9.17) is 16.3 Å². The van der Waals surface area contributed by atoms with Crippen LogP contribution < -0.4 is 10.6 Å². The molecule has 4 nitrogen and oxygen atoms in total. The van der Waals surface area contributed by atoms with Crippen LogP contribution in [0.3, 0.4) is 0 Å². The monoisotopic (exact) mass is 295 g/mol. The molecule has 106 valence electrons. The van der Waals surface area contributed by atoms with E-state index in [1.165, 1.54) is 0 Å². The summed E-state index contributed by atoms with van der Waals surface area (Å²) in [7, 11) is 1.58. The number of alkyl halides is 3. The molecule has 0 radical (unpaired) electrons. The summed E-state index contributed by atoms with van der Waals surface area (Å²) in [5.41, 5.74) is -0.865. The van der Waals surface area contributed by atoms with E-state index in [9.17, 15) is 13.2 Å². The summed E-state index contributed by atoms with van der Waals surface area (Å²) in [5, 5.41) is 6.04. The summed E-state index contributed by atoms with van der Waals surface area (Å²) in [6.07, 6.45) is -3.75. The molecule has 2 heterocycles. The van der Waals surface area contributed by atoms with Gasteiger partial charge in [0, 0.05) is 26.4 Å². The van der Waals surface area contributed by atoms with Gasteiger partial charge in [0.05, 0.1) is 22.7 Å². The highest BCUT2D eigenvalue weighted by Crippen LogP contribution is 2.32. The zero-order chi connectivity index (χ0) is 14.0. The highest BCUT2D eigenvalue weighted by Gasteiger charge is 2.32. The molecule has 1 aromatic rings. The number of nitrogens with one attached hydrogen (secondary N) is 2. The second-order valence-corrected chi connectivity index (χ2v) is 4.64. The predicted octanol–water partition coefficient (Wildman–Crippen LogP) is 2.15. The summed E-state index contributed by atoms with van der Waals surface area (Å²) in [6.45, 7) is 1.31. The van der Waals surface area contributed by atoms with Gasteiger partial charge in [0.2, 0.25) is 0 Å². The number of ether oxygens (including phenoxy) is 1. The van der Waals surface area contributed by atoms with Crippen molar-refractivity contribution in [3.05, 3.63) is 22.8 Å². The molecule has 0 spiro atoms. The molecule has 2 N–H and O–H groups in total. The van der Waals surface area contributed by atoms with Crippen LogP contribution in [0.4, 0.5) is 19.0 Å². The highest BCUT2D eigenvalue weighted by atomic mass is 35.5. The van der Waals surface area contributed by atoms with Crippen molar-refractivity contribution in [2.24, 2.45) is 0 Å². The first-order valence-electron chi connectivity index (χ1n) is 5.64. The third kappa shape index (κ3) is 3.29. The first-order chi connectivity index (χ1) is 8.91. The number of hydrogen-bond donors (Lipinski definition) is 2. The van der Waals surface area contributed by atoms with Crippen molar-refractivity contribution in [3.8, 4) is 0 Å².